The number of hydrogen-bond acceptors (Lipinski definition) is 4. The van der Waals surface area contributed by atoms with Crippen LogP contribution in [0.2, 0.25) is 0 Å². The summed E-state index contributed by atoms with van der Waals surface area (Å²) in [6.07, 6.45) is 3.69. The van der Waals surface area contributed by atoms with Crippen LogP contribution < -0.4 is 0 Å². The molecule has 0 bridgehead atoms. The minimum atomic E-state index is -0.315. The highest BCUT2D eigenvalue weighted by Gasteiger charge is 2.32. The van der Waals surface area contributed by atoms with E-state index in [4.69, 9.17) is 17.3 Å². The second kappa shape index (κ2) is 9.37. The van der Waals surface area contributed by atoms with Crippen LogP contribution in [-0.4, -0.2) is 24.9 Å². The molecule has 0 aliphatic carbocycles. The number of rotatable bonds is 5. The van der Waals surface area contributed by atoms with Gasteiger partial charge in [0, 0.05) is 17.3 Å². The van der Waals surface area contributed by atoms with Gasteiger partial charge in [-0.1, -0.05) is 72.0 Å². The Kier molecular flexibility index (Phi) is 6.13. The smallest absolute Gasteiger partial charge is 0.266 e. The van der Waals surface area contributed by atoms with E-state index < -0.39 is 0 Å². The van der Waals surface area contributed by atoms with Crippen molar-refractivity contribution in [1.82, 2.24) is 14.7 Å². The Balaban J connectivity index is 1.51. The predicted molar refractivity (Wildman–Crippen MR) is 139 cm³/mol. The third kappa shape index (κ3) is 4.58. The van der Waals surface area contributed by atoms with Crippen LogP contribution in [0, 0.1) is 12.7 Å². The summed E-state index contributed by atoms with van der Waals surface area (Å²) in [6, 6.07) is 24.0. The molecule has 1 aromatic heterocycles. The average Bonchev–Trinajstić information content (AvgIpc) is 3.38. The zero-order chi connectivity index (χ0) is 23.7. The van der Waals surface area contributed by atoms with E-state index in [1.165, 1.54) is 23.9 Å². The maximum atomic E-state index is 13.5. The Morgan fingerprint density at radius 3 is 2.41 bits per heavy atom. The summed E-state index contributed by atoms with van der Waals surface area (Å²) >= 11 is 6.81. The SMILES string of the molecule is Cc1ccc(CN2C(=O)/C(=C\c3cn(-c4ccccc4)nc3-c3ccc(F)cc3)SC2=S)cc1. The number of thioether (sulfide) groups is 1. The fourth-order valence-electron chi connectivity index (χ4n) is 3.69. The Bertz CT molecular complexity index is 1390. The lowest BCUT2D eigenvalue weighted by atomic mass is 10.1. The predicted octanol–water partition coefficient (Wildman–Crippen LogP) is 6.39. The lowest BCUT2D eigenvalue weighted by Crippen LogP contribution is -2.27. The fraction of sp³-hybridized carbons (Fsp3) is 0.0741. The number of hydrogen-bond donors (Lipinski definition) is 0. The van der Waals surface area contributed by atoms with E-state index in [9.17, 15) is 9.18 Å². The lowest BCUT2D eigenvalue weighted by molar-refractivity contribution is -0.122. The molecular weight excluding hydrogens is 465 g/mol. The first-order valence-electron chi connectivity index (χ1n) is 10.7. The van der Waals surface area contributed by atoms with Crippen LogP contribution in [0.1, 0.15) is 16.7 Å². The van der Waals surface area contributed by atoms with Crippen LogP contribution in [0.15, 0.2) is 90.0 Å². The third-order valence-corrected chi connectivity index (χ3v) is 6.88. The van der Waals surface area contributed by atoms with Gasteiger partial charge >= 0.3 is 0 Å². The van der Waals surface area contributed by atoms with E-state index in [2.05, 4.69) is 0 Å². The molecule has 7 heteroatoms. The molecule has 4 nitrogen and oxygen atoms in total. The van der Waals surface area contributed by atoms with Gasteiger partial charge in [0.2, 0.25) is 0 Å². The van der Waals surface area contributed by atoms with Crippen LogP contribution in [0.3, 0.4) is 0 Å². The molecule has 0 radical (unpaired) electrons. The maximum Gasteiger partial charge on any atom is 0.266 e. The number of aromatic nitrogens is 2. The zero-order valence-corrected chi connectivity index (χ0v) is 19.9. The van der Waals surface area contributed by atoms with Crippen molar-refractivity contribution >= 4 is 40.3 Å². The summed E-state index contributed by atoms with van der Waals surface area (Å²) in [6.45, 7) is 2.46. The number of benzene rings is 3. The largest absolute Gasteiger partial charge is 0.288 e. The summed E-state index contributed by atoms with van der Waals surface area (Å²) in [5.74, 6) is -0.446. The highest BCUT2D eigenvalue weighted by Crippen LogP contribution is 2.35. The number of thiocarbonyl (C=S) groups is 1. The quantitative estimate of drug-likeness (QED) is 0.243. The molecule has 0 N–H and O–H groups in total. The molecule has 5 rings (SSSR count). The summed E-state index contributed by atoms with van der Waals surface area (Å²) in [7, 11) is 0. The van der Waals surface area contributed by atoms with Crippen molar-refractivity contribution in [3.05, 3.63) is 112 Å². The summed E-state index contributed by atoms with van der Waals surface area (Å²) < 4.78 is 15.8. The first kappa shape index (κ1) is 22.3. The van der Waals surface area contributed by atoms with Crippen molar-refractivity contribution in [1.29, 1.82) is 0 Å². The Morgan fingerprint density at radius 1 is 1.00 bits per heavy atom. The molecule has 1 amide bonds. The molecule has 3 aromatic carbocycles. The van der Waals surface area contributed by atoms with Gasteiger partial charge in [-0.15, -0.1) is 0 Å². The lowest BCUT2D eigenvalue weighted by Gasteiger charge is -2.14. The monoisotopic (exact) mass is 485 g/mol. The minimum Gasteiger partial charge on any atom is -0.288 e. The summed E-state index contributed by atoms with van der Waals surface area (Å²) in [5, 5.41) is 4.74. The molecule has 1 fully saturated rings. The average molecular weight is 486 g/mol. The van der Waals surface area contributed by atoms with Crippen molar-refractivity contribution in [3.8, 4) is 16.9 Å². The minimum absolute atomic E-state index is 0.131. The third-order valence-electron chi connectivity index (χ3n) is 5.50. The van der Waals surface area contributed by atoms with Crippen molar-refractivity contribution in [2.24, 2.45) is 0 Å². The first-order valence-corrected chi connectivity index (χ1v) is 11.9. The standard InChI is InChI=1S/C27H20FN3OS2/c1-18-7-9-19(10-8-18)16-30-26(32)24(34-27(30)33)15-21-17-31(23-5-3-2-4-6-23)29-25(21)20-11-13-22(28)14-12-20/h2-15,17H,16H2,1H3/b24-15+. The van der Waals surface area contributed by atoms with Gasteiger partial charge < -0.3 is 0 Å². The van der Waals surface area contributed by atoms with Gasteiger partial charge in [-0.3, -0.25) is 9.69 Å². The molecule has 0 unspecified atom stereocenters. The number of nitrogens with zero attached hydrogens (tertiary/aromatic N) is 3. The van der Waals surface area contributed by atoms with E-state index in [0.29, 0.717) is 21.5 Å². The first-order chi connectivity index (χ1) is 16.5. The van der Waals surface area contributed by atoms with Crippen molar-refractivity contribution in [2.75, 3.05) is 0 Å². The Morgan fingerprint density at radius 2 is 1.71 bits per heavy atom. The second-order valence-corrected chi connectivity index (χ2v) is 9.65. The number of para-hydroxylation sites is 1. The van der Waals surface area contributed by atoms with Gasteiger partial charge in [0.15, 0.2) is 0 Å². The van der Waals surface area contributed by atoms with Gasteiger partial charge in [-0.25, -0.2) is 9.07 Å². The van der Waals surface area contributed by atoms with Crippen LogP contribution in [0.25, 0.3) is 23.0 Å². The fourth-order valence-corrected chi connectivity index (χ4v) is 4.94. The van der Waals surface area contributed by atoms with Gasteiger partial charge in [0.25, 0.3) is 5.91 Å². The van der Waals surface area contributed by atoms with Crippen LogP contribution in [-0.2, 0) is 11.3 Å². The maximum absolute atomic E-state index is 13.5. The van der Waals surface area contributed by atoms with E-state index in [0.717, 1.165) is 27.9 Å². The van der Waals surface area contributed by atoms with Crippen LogP contribution >= 0.6 is 24.0 Å². The van der Waals surface area contributed by atoms with Crippen molar-refractivity contribution < 1.29 is 9.18 Å². The highest BCUT2D eigenvalue weighted by atomic mass is 32.2. The molecule has 2 heterocycles. The molecule has 1 aliphatic rings. The van der Waals surface area contributed by atoms with Gasteiger partial charge in [-0.2, -0.15) is 5.10 Å². The van der Waals surface area contributed by atoms with Gasteiger partial charge in [0.05, 0.1) is 22.8 Å². The molecule has 0 atom stereocenters. The molecule has 1 saturated heterocycles. The number of amides is 1. The number of carbonyl (C=O) groups is 1. The molecule has 1 aliphatic heterocycles. The molecule has 168 valence electrons. The molecule has 34 heavy (non-hydrogen) atoms. The summed E-state index contributed by atoms with van der Waals surface area (Å²) in [5.41, 5.74) is 5.25. The van der Waals surface area contributed by atoms with E-state index in [1.54, 1.807) is 21.7 Å². The number of carbonyl (C=O) groups excluding carboxylic acids is 1. The second-order valence-electron chi connectivity index (χ2n) is 7.97. The highest BCUT2D eigenvalue weighted by molar-refractivity contribution is 8.26. The van der Waals surface area contributed by atoms with E-state index in [1.807, 2.05) is 73.8 Å². The van der Waals surface area contributed by atoms with E-state index >= 15 is 0 Å². The number of halogens is 1. The van der Waals surface area contributed by atoms with Gasteiger partial charge in [-0.05, 0) is 55.0 Å². The van der Waals surface area contributed by atoms with Crippen LogP contribution in [0.5, 0.6) is 0 Å². The van der Waals surface area contributed by atoms with Gasteiger partial charge in [0.1, 0.15) is 10.1 Å². The van der Waals surface area contributed by atoms with Crippen LogP contribution in [0.4, 0.5) is 4.39 Å². The topological polar surface area (TPSA) is 38.1 Å². The Labute approximate surface area is 206 Å². The molecule has 0 saturated carbocycles. The summed E-state index contributed by atoms with van der Waals surface area (Å²) in [4.78, 5) is 15.4. The van der Waals surface area contributed by atoms with E-state index in [-0.39, 0.29) is 11.7 Å². The molecule has 0 spiro atoms. The zero-order valence-electron chi connectivity index (χ0n) is 18.3. The normalized spacial score (nSPS) is 14.9. The Hall–Kier alpha value is -3.55. The molecule has 4 aromatic rings. The number of aryl methyl sites for hydroxylation is 1. The van der Waals surface area contributed by atoms with Crippen molar-refractivity contribution in [3.63, 3.8) is 0 Å². The molecular formula is C27H20FN3OS2. The van der Waals surface area contributed by atoms with Crippen molar-refractivity contribution in [2.45, 2.75) is 13.5 Å².